The number of carbonyl (C=O) groups is 2. The molecule has 154 valence electrons. The summed E-state index contributed by atoms with van der Waals surface area (Å²) in [5.41, 5.74) is 2.63. The van der Waals surface area contributed by atoms with Crippen LogP contribution in [0.5, 0.6) is 0 Å². The van der Waals surface area contributed by atoms with Gasteiger partial charge in [-0.15, -0.1) is 0 Å². The van der Waals surface area contributed by atoms with Gasteiger partial charge in [-0.1, -0.05) is 92.7 Å². The van der Waals surface area contributed by atoms with Crippen molar-refractivity contribution in [3.05, 3.63) is 102 Å². The molecule has 0 saturated heterocycles. The number of urea groups is 1. The van der Waals surface area contributed by atoms with Crippen LogP contribution in [0.2, 0.25) is 0 Å². The number of amides is 3. The van der Waals surface area contributed by atoms with E-state index in [9.17, 15) is 9.59 Å². The summed E-state index contributed by atoms with van der Waals surface area (Å²) in [7, 11) is 0. The SMILES string of the molecule is CC(C)[C@H](NC(=O)Nc1ccccc1)C(=O)NC(c1ccccc1)c1ccccc1. The van der Waals surface area contributed by atoms with Gasteiger partial charge in [0.2, 0.25) is 5.91 Å². The smallest absolute Gasteiger partial charge is 0.319 e. The molecule has 30 heavy (non-hydrogen) atoms. The number of nitrogens with one attached hydrogen (secondary N) is 3. The highest BCUT2D eigenvalue weighted by molar-refractivity contribution is 5.94. The normalized spacial score (nSPS) is 11.7. The van der Waals surface area contributed by atoms with Gasteiger partial charge in [-0.05, 0) is 29.2 Å². The number of benzene rings is 3. The Kier molecular flexibility index (Phi) is 7.22. The first kappa shape index (κ1) is 21.1. The third-order valence-corrected chi connectivity index (χ3v) is 4.82. The molecule has 5 heteroatoms. The summed E-state index contributed by atoms with van der Waals surface area (Å²) in [6.45, 7) is 3.82. The molecule has 0 aromatic heterocycles. The monoisotopic (exact) mass is 401 g/mol. The van der Waals surface area contributed by atoms with Gasteiger partial charge in [0.1, 0.15) is 6.04 Å². The van der Waals surface area contributed by atoms with Crippen LogP contribution in [0.15, 0.2) is 91.0 Å². The molecule has 0 heterocycles. The van der Waals surface area contributed by atoms with E-state index in [2.05, 4.69) is 16.0 Å². The van der Waals surface area contributed by atoms with Crippen molar-refractivity contribution in [3.8, 4) is 0 Å². The van der Waals surface area contributed by atoms with Gasteiger partial charge in [0.05, 0.1) is 6.04 Å². The van der Waals surface area contributed by atoms with Crippen LogP contribution in [0.25, 0.3) is 0 Å². The molecule has 0 unspecified atom stereocenters. The molecule has 0 saturated carbocycles. The lowest BCUT2D eigenvalue weighted by molar-refractivity contribution is -0.124. The second-order valence-corrected chi connectivity index (χ2v) is 7.45. The zero-order chi connectivity index (χ0) is 21.3. The molecule has 3 amide bonds. The van der Waals surface area contributed by atoms with Crippen LogP contribution in [-0.2, 0) is 4.79 Å². The molecule has 3 rings (SSSR count). The van der Waals surface area contributed by atoms with Crippen molar-refractivity contribution in [1.82, 2.24) is 10.6 Å². The molecule has 0 radical (unpaired) electrons. The van der Waals surface area contributed by atoms with E-state index in [1.807, 2.05) is 92.7 Å². The molecular formula is C25H27N3O2. The molecule has 1 atom stereocenters. The average molecular weight is 402 g/mol. The predicted molar refractivity (Wildman–Crippen MR) is 120 cm³/mol. The van der Waals surface area contributed by atoms with E-state index < -0.39 is 12.1 Å². The fraction of sp³-hybridized carbons (Fsp3) is 0.200. The summed E-state index contributed by atoms with van der Waals surface area (Å²) < 4.78 is 0. The van der Waals surface area contributed by atoms with Crippen molar-refractivity contribution in [2.24, 2.45) is 5.92 Å². The summed E-state index contributed by atoms with van der Waals surface area (Å²) >= 11 is 0. The largest absolute Gasteiger partial charge is 0.343 e. The quantitative estimate of drug-likeness (QED) is 0.535. The van der Waals surface area contributed by atoms with E-state index in [1.54, 1.807) is 12.1 Å². The zero-order valence-corrected chi connectivity index (χ0v) is 17.2. The minimum absolute atomic E-state index is 0.0845. The van der Waals surface area contributed by atoms with Gasteiger partial charge in [0.15, 0.2) is 0 Å². The minimum atomic E-state index is -0.677. The lowest BCUT2D eigenvalue weighted by atomic mass is 9.97. The first-order valence-corrected chi connectivity index (χ1v) is 10.1. The van der Waals surface area contributed by atoms with E-state index in [0.717, 1.165) is 11.1 Å². The lowest BCUT2D eigenvalue weighted by Crippen LogP contribution is -2.51. The van der Waals surface area contributed by atoms with Crippen LogP contribution in [0.1, 0.15) is 31.0 Å². The Labute approximate surface area is 177 Å². The van der Waals surface area contributed by atoms with Crippen molar-refractivity contribution in [2.75, 3.05) is 5.32 Å². The molecular weight excluding hydrogens is 374 g/mol. The van der Waals surface area contributed by atoms with Gasteiger partial charge in [-0.3, -0.25) is 4.79 Å². The molecule has 3 N–H and O–H groups in total. The maximum absolute atomic E-state index is 13.2. The Balaban J connectivity index is 1.75. The van der Waals surface area contributed by atoms with Crippen LogP contribution in [0.4, 0.5) is 10.5 Å². The zero-order valence-electron chi connectivity index (χ0n) is 17.2. The van der Waals surface area contributed by atoms with Crippen LogP contribution in [0.3, 0.4) is 0 Å². The van der Waals surface area contributed by atoms with Crippen LogP contribution in [-0.4, -0.2) is 18.0 Å². The molecule has 0 bridgehead atoms. The molecule has 0 spiro atoms. The summed E-state index contributed by atoms with van der Waals surface area (Å²) in [5, 5.41) is 8.70. The predicted octanol–water partition coefficient (Wildman–Crippen LogP) is 4.74. The van der Waals surface area contributed by atoms with Gasteiger partial charge in [-0.2, -0.15) is 0 Å². The number of anilines is 1. The van der Waals surface area contributed by atoms with Gasteiger partial charge in [-0.25, -0.2) is 4.79 Å². The number of hydrogen-bond donors (Lipinski definition) is 3. The van der Waals surface area contributed by atoms with Gasteiger partial charge in [0, 0.05) is 5.69 Å². The van der Waals surface area contributed by atoms with Crippen molar-refractivity contribution in [2.45, 2.75) is 25.9 Å². The van der Waals surface area contributed by atoms with E-state index in [4.69, 9.17) is 0 Å². The van der Waals surface area contributed by atoms with Crippen molar-refractivity contribution >= 4 is 17.6 Å². The molecule has 3 aromatic rings. The van der Waals surface area contributed by atoms with Crippen LogP contribution >= 0.6 is 0 Å². The molecule has 0 aliphatic rings. The standard InChI is InChI=1S/C25H27N3O2/c1-18(2)22(28-25(30)26-21-16-10-5-11-17-21)24(29)27-23(19-12-6-3-7-13-19)20-14-8-4-9-15-20/h3-18,22-23H,1-2H3,(H,27,29)(H2,26,28,30)/t22-/m0/s1. The second kappa shape index (κ2) is 10.3. The fourth-order valence-electron chi connectivity index (χ4n) is 3.25. The summed E-state index contributed by atoms with van der Waals surface area (Å²) in [6, 6.07) is 27.4. The molecule has 0 aliphatic carbocycles. The second-order valence-electron chi connectivity index (χ2n) is 7.45. The number of rotatable bonds is 7. The van der Waals surface area contributed by atoms with Crippen LogP contribution < -0.4 is 16.0 Å². The number of carbonyl (C=O) groups excluding carboxylic acids is 2. The van der Waals surface area contributed by atoms with E-state index in [0.29, 0.717) is 5.69 Å². The topological polar surface area (TPSA) is 70.2 Å². The van der Waals surface area contributed by atoms with Gasteiger partial charge >= 0.3 is 6.03 Å². The summed E-state index contributed by atoms with van der Waals surface area (Å²) in [4.78, 5) is 25.6. The number of hydrogen-bond acceptors (Lipinski definition) is 2. The average Bonchev–Trinajstić information content (AvgIpc) is 2.77. The fourth-order valence-corrected chi connectivity index (χ4v) is 3.25. The number of para-hydroxylation sites is 1. The highest BCUT2D eigenvalue weighted by Crippen LogP contribution is 2.22. The summed E-state index contributed by atoms with van der Waals surface area (Å²) in [5.74, 6) is -0.315. The maximum Gasteiger partial charge on any atom is 0.319 e. The Bertz CT molecular complexity index is 904. The highest BCUT2D eigenvalue weighted by Gasteiger charge is 2.27. The van der Waals surface area contributed by atoms with E-state index in [1.165, 1.54) is 0 Å². The van der Waals surface area contributed by atoms with Crippen molar-refractivity contribution in [3.63, 3.8) is 0 Å². The Hall–Kier alpha value is -3.60. The first-order valence-electron chi connectivity index (χ1n) is 10.1. The minimum Gasteiger partial charge on any atom is -0.343 e. The summed E-state index contributed by atoms with van der Waals surface area (Å²) in [6.07, 6.45) is 0. The van der Waals surface area contributed by atoms with Crippen molar-refractivity contribution in [1.29, 1.82) is 0 Å². The first-order chi connectivity index (χ1) is 14.5. The lowest BCUT2D eigenvalue weighted by Gasteiger charge is -2.26. The molecule has 5 nitrogen and oxygen atoms in total. The van der Waals surface area contributed by atoms with Crippen molar-refractivity contribution < 1.29 is 9.59 Å². The molecule has 0 aliphatic heterocycles. The third kappa shape index (κ3) is 5.70. The van der Waals surface area contributed by atoms with Crippen LogP contribution in [0, 0.1) is 5.92 Å². The van der Waals surface area contributed by atoms with Gasteiger partial charge in [0.25, 0.3) is 0 Å². The Morgan fingerprint density at radius 3 is 1.60 bits per heavy atom. The van der Waals surface area contributed by atoms with E-state index in [-0.39, 0.29) is 17.9 Å². The Morgan fingerprint density at radius 2 is 1.13 bits per heavy atom. The molecule has 3 aromatic carbocycles. The maximum atomic E-state index is 13.2. The highest BCUT2D eigenvalue weighted by atomic mass is 16.2. The third-order valence-electron chi connectivity index (χ3n) is 4.82. The molecule has 0 fully saturated rings. The Morgan fingerprint density at radius 1 is 0.667 bits per heavy atom. The van der Waals surface area contributed by atoms with E-state index >= 15 is 0 Å². The van der Waals surface area contributed by atoms with Gasteiger partial charge < -0.3 is 16.0 Å².